The Labute approximate surface area is 387 Å². The minimum absolute atomic E-state index is 0.0132. The average molecular weight is 873 g/mol. The van der Waals surface area contributed by atoms with Gasteiger partial charge in [-0.15, -0.1) is 0 Å². The molecule has 0 fully saturated rings. The van der Waals surface area contributed by atoms with Crippen LogP contribution >= 0.6 is 0 Å². The lowest BCUT2D eigenvalue weighted by atomic mass is 10.0. The summed E-state index contributed by atoms with van der Waals surface area (Å²) >= 11 is 0. The zero-order chi connectivity index (χ0) is 45.1. The van der Waals surface area contributed by atoms with Gasteiger partial charge in [0, 0.05) is 0 Å². The van der Waals surface area contributed by atoms with Gasteiger partial charge in [0.1, 0.15) is 0 Å². The SMILES string of the molecule is CCCCCCCCCCC/C=C\C/C=C\CCCCCCCCCCCCCC(O)CC(=O)NC(CO)C(O)/C=C/CCCCCCCCCCCCCCCCCCCC. The number of carbonyl (C=O) groups excluding carboxylic acids is 1. The highest BCUT2D eigenvalue weighted by molar-refractivity contribution is 5.76. The number of aliphatic hydroxyl groups is 3. The molecule has 0 saturated carbocycles. The third-order valence-electron chi connectivity index (χ3n) is 12.9. The van der Waals surface area contributed by atoms with Crippen molar-refractivity contribution in [3.05, 3.63) is 36.5 Å². The molecule has 0 radical (unpaired) electrons. The number of nitrogens with one attached hydrogen (secondary N) is 1. The lowest BCUT2D eigenvalue weighted by molar-refractivity contribution is -0.124. The van der Waals surface area contributed by atoms with Crippen molar-refractivity contribution in [2.75, 3.05) is 6.61 Å². The van der Waals surface area contributed by atoms with Crippen LogP contribution in [-0.4, -0.2) is 46.1 Å². The molecule has 0 rings (SSSR count). The van der Waals surface area contributed by atoms with E-state index in [0.717, 1.165) is 32.1 Å². The van der Waals surface area contributed by atoms with E-state index < -0.39 is 18.2 Å². The van der Waals surface area contributed by atoms with Gasteiger partial charge in [-0.25, -0.2) is 0 Å². The van der Waals surface area contributed by atoms with Crippen molar-refractivity contribution in [2.24, 2.45) is 0 Å². The molecule has 0 aromatic heterocycles. The third kappa shape index (κ3) is 48.0. The molecule has 1 amide bonds. The van der Waals surface area contributed by atoms with Gasteiger partial charge in [0.25, 0.3) is 0 Å². The number of carbonyl (C=O) groups is 1. The summed E-state index contributed by atoms with van der Waals surface area (Å²) in [5.41, 5.74) is 0. The molecule has 0 saturated heterocycles. The number of amides is 1. The van der Waals surface area contributed by atoms with Gasteiger partial charge in [0.15, 0.2) is 0 Å². The summed E-state index contributed by atoms with van der Waals surface area (Å²) in [5, 5.41) is 33.5. The molecule has 0 aliphatic rings. The highest BCUT2D eigenvalue weighted by atomic mass is 16.3. The highest BCUT2D eigenvalue weighted by Crippen LogP contribution is 2.17. The molecule has 0 bridgehead atoms. The molecular formula is C57H109NO4. The fraction of sp³-hybridized carbons (Fsp3) is 0.877. The number of aliphatic hydroxyl groups excluding tert-OH is 3. The second-order valence-electron chi connectivity index (χ2n) is 19.2. The summed E-state index contributed by atoms with van der Waals surface area (Å²) < 4.78 is 0. The second kappa shape index (κ2) is 52.2. The Morgan fingerprint density at radius 3 is 1.06 bits per heavy atom. The summed E-state index contributed by atoms with van der Waals surface area (Å²) in [7, 11) is 0. The molecule has 5 heteroatoms. The van der Waals surface area contributed by atoms with Crippen molar-refractivity contribution >= 4 is 5.91 Å². The molecular weight excluding hydrogens is 763 g/mol. The number of allylic oxidation sites excluding steroid dienone is 5. The fourth-order valence-electron chi connectivity index (χ4n) is 8.67. The standard InChI is InChI=1S/C57H109NO4/c1-3-5-7-9-11-13-15-17-19-21-23-25-26-27-28-29-30-31-32-34-36-38-40-42-44-46-48-50-54(60)52-57(62)58-55(53-59)56(61)51-49-47-45-43-41-39-37-35-33-24-22-20-18-16-14-12-10-8-6-4-2/h23,25,27-28,49,51,54-56,59-61H,3-22,24,26,29-48,50,52-53H2,1-2H3,(H,58,62)/b25-23-,28-27-,51-49+. The molecule has 3 atom stereocenters. The van der Waals surface area contributed by atoms with E-state index in [9.17, 15) is 20.1 Å². The van der Waals surface area contributed by atoms with Gasteiger partial charge >= 0.3 is 0 Å². The van der Waals surface area contributed by atoms with Gasteiger partial charge in [-0.1, -0.05) is 275 Å². The van der Waals surface area contributed by atoms with E-state index in [4.69, 9.17) is 0 Å². The Bertz CT molecular complexity index is 962. The average Bonchev–Trinajstić information content (AvgIpc) is 3.27. The van der Waals surface area contributed by atoms with Crippen LogP contribution < -0.4 is 5.32 Å². The minimum atomic E-state index is -0.930. The van der Waals surface area contributed by atoms with E-state index in [0.29, 0.717) is 6.42 Å². The van der Waals surface area contributed by atoms with E-state index in [-0.39, 0.29) is 18.9 Å². The molecule has 366 valence electrons. The molecule has 0 spiro atoms. The van der Waals surface area contributed by atoms with Crippen LogP contribution in [0.3, 0.4) is 0 Å². The van der Waals surface area contributed by atoms with E-state index in [1.54, 1.807) is 6.08 Å². The normalized spacial score (nSPS) is 13.6. The second-order valence-corrected chi connectivity index (χ2v) is 19.2. The van der Waals surface area contributed by atoms with Gasteiger partial charge in [0.2, 0.25) is 5.91 Å². The molecule has 4 N–H and O–H groups in total. The molecule has 0 aromatic rings. The van der Waals surface area contributed by atoms with E-state index >= 15 is 0 Å². The first-order valence-corrected chi connectivity index (χ1v) is 27.8. The van der Waals surface area contributed by atoms with E-state index in [2.05, 4.69) is 43.5 Å². The smallest absolute Gasteiger partial charge is 0.222 e. The van der Waals surface area contributed by atoms with Crippen molar-refractivity contribution in [3.8, 4) is 0 Å². The molecule has 62 heavy (non-hydrogen) atoms. The first-order valence-electron chi connectivity index (χ1n) is 27.8. The van der Waals surface area contributed by atoms with Crippen LogP contribution in [0.4, 0.5) is 0 Å². The zero-order valence-electron chi connectivity index (χ0n) is 41.8. The van der Waals surface area contributed by atoms with Crippen LogP contribution in [-0.2, 0) is 4.79 Å². The monoisotopic (exact) mass is 872 g/mol. The van der Waals surface area contributed by atoms with Crippen molar-refractivity contribution < 1.29 is 20.1 Å². The minimum Gasteiger partial charge on any atom is -0.394 e. The third-order valence-corrected chi connectivity index (χ3v) is 12.9. The Kier molecular flexibility index (Phi) is 51.0. The molecule has 5 nitrogen and oxygen atoms in total. The van der Waals surface area contributed by atoms with Crippen molar-refractivity contribution in [2.45, 2.75) is 315 Å². The van der Waals surface area contributed by atoms with Gasteiger partial charge in [-0.3, -0.25) is 4.79 Å². The molecule has 0 heterocycles. The summed E-state index contributed by atoms with van der Waals surface area (Å²) in [6.45, 7) is 4.24. The van der Waals surface area contributed by atoms with Gasteiger partial charge in [-0.05, 0) is 51.4 Å². The molecule has 0 aliphatic carbocycles. The first-order chi connectivity index (χ1) is 30.5. The van der Waals surface area contributed by atoms with Gasteiger partial charge < -0.3 is 20.6 Å². The lowest BCUT2D eigenvalue weighted by Gasteiger charge is -2.21. The maximum atomic E-state index is 12.5. The number of hydrogen-bond acceptors (Lipinski definition) is 4. The predicted molar refractivity (Wildman–Crippen MR) is 273 cm³/mol. The largest absolute Gasteiger partial charge is 0.394 e. The van der Waals surface area contributed by atoms with Crippen molar-refractivity contribution in [1.29, 1.82) is 0 Å². The van der Waals surface area contributed by atoms with Crippen molar-refractivity contribution in [3.63, 3.8) is 0 Å². The fourth-order valence-corrected chi connectivity index (χ4v) is 8.67. The highest BCUT2D eigenvalue weighted by Gasteiger charge is 2.20. The summed E-state index contributed by atoms with van der Waals surface area (Å²) in [6.07, 6.45) is 67.5. The van der Waals surface area contributed by atoms with Crippen LogP contribution in [0.25, 0.3) is 0 Å². The quantitative estimate of drug-likeness (QED) is 0.0362. The molecule has 0 aliphatic heterocycles. The Balaban J connectivity index is 3.58. The zero-order valence-corrected chi connectivity index (χ0v) is 41.8. The Morgan fingerprint density at radius 2 is 0.726 bits per heavy atom. The maximum Gasteiger partial charge on any atom is 0.222 e. The van der Waals surface area contributed by atoms with Crippen molar-refractivity contribution in [1.82, 2.24) is 5.32 Å². The molecule has 3 unspecified atom stereocenters. The van der Waals surface area contributed by atoms with Crippen LogP contribution in [0.1, 0.15) is 296 Å². The number of unbranched alkanes of at least 4 members (excludes halogenated alkanes) is 38. The van der Waals surface area contributed by atoms with E-state index in [1.807, 2.05) is 6.08 Å². The number of hydrogen-bond donors (Lipinski definition) is 4. The Morgan fingerprint density at radius 1 is 0.419 bits per heavy atom. The lowest BCUT2D eigenvalue weighted by Crippen LogP contribution is -2.45. The van der Waals surface area contributed by atoms with Gasteiger partial charge in [0.05, 0.1) is 31.3 Å². The molecule has 0 aromatic carbocycles. The summed E-state index contributed by atoms with van der Waals surface area (Å²) in [6, 6.07) is -0.745. The summed E-state index contributed by atoms with van der Waals surface area (Å²) in [5.74, 6) is -0.314. The van der Waals surface area contributed by atoms with Crippen LogP contribution in [0.15, 0.2) is 36.5 Å². The Hall–Kier alpha value is -1.43. The van der Waals surface area contributed by atoms with Crippen LogP contribution in [0, 0.1) is 0 Å². The maximum absolute atomic E-state index is 12.5. The van der Waals surface area contributed by atoms with Crippen LogP contribution in [0.5, 0.6) is 0 Å². The van der Waals surface area contributed by atoms with Gasteiger partial charge in [-0.2, -0.15) is 0 Å². The predicted octanol–water partition coefficient (Wildman–Crippen LogP) is 17.1. The summed E-state index contributed by atoms with van der Waals surface area (Å²) in [4.78, 5) is 12.5. The number of rotatable bonds is 51. The van der Waals surface area contributed by atoms with Crippen LogP contribution in [0.2, 0.25) is 0 Å². The topological polar surface area (TPSA) is 89.8 Å². The van der Waals surface area contributed by atoms with E-state index in [1.165, 1.54) is 238 Å². The first kappa shape index (κ1) is 60.6.